The summed E-state index contributed by atoms with van der Waals surface area (Å²) in [5.74, 6) is -5.79. The summed E-state index contributed by atoms with van der Waals surface area (Å²) < 4.78 is 40.0. The Hall–Kier alpha value is -12.7. The van der Waals surface area contributed by atoms with Gasteiger partial charge in [-0.15, -0.1) is 0 Å². The van der Waals surface area contributed by atoms with Crippen LogP contribution in [-0.2, 0) is 22.0 Å². The van der Waals surface area contributed by atoms with Crippen LogP contribution < -0.4 is 5.76 Å². The van der Waals surface area contributed by atoms with Crippen LogP contribution in [0.1, 0.15) is 203 Å². The van der Waals surface area contributed by atoms with Crippen LogP contribution in [0.3, 0.4) is 0 Å². The Morgan fingerprint density at radius 2 is 0.950 bits per heavy atom. The van der Waals surface area contributed by atoms with Crippen LogP contribution in [0.5, 0.6) is 0 Å². The summed E-state index contributed by atoms with van der Waals surface area (Å²) in [6.45, 7) is 19.1. The van der Waals surface area contributed by atoms with Crippen molar-refractivity contribution >= 4 is 63.6 Å². The summed E-state index contributed by atoms with van der Waals surface area (Å²) >= 11 is 0. The van der Waals surface area contributed by atoms with Crippen molar-refractivity contribution in [3.05, 3.63) is 218 Å². The standard InChI is InChI=1S/C20H21NO4.C16H7FN2O3.C14H12N2O3.C13H10N2O3.C11H5NO4/c1-10(2)14(22)9-11-6-7-12-13(8-11)16(23)17(24)18-15(12)21-19(25-18)20(3,4)5;17-9-5-3-8(4-6-9)16-19-12-10-2-1-7-18-11(10)13(20)14(21)15(12)22-16;1-14(2,3)13-16-9-7-5-4-6-15-8(7)10(17)11(18)12(9)19-13;1-6(2)13-15-9-11(17)10(16)7-3-4-14-5-8(7)12(9)18-13;13-8-5-3-1-2-4-6(5)10-7(9(8)14)12-11(15)16-10/h6-8,10H,9H2,1-5H3;1-7H;4-6H,1-3H3;3-6H,1-2H3;1-4H,(H,12,15). The number of fused-ring (bicyclic) bond motifs is 15. The predicted molar refractivity (Wildman–Crippen MR) is 350 cm³/mol. The minimum atomic E-state index is -0.776. The first-order chi connectivity index (χ1) is 47.4. The van der Waals surface area contributed by atoms with Crippen LogP contribution in [0.15, 0.2) is 149 Å². The number of aromatic amines is 1. The molecule has 0 amide bonds. The number of rotatable bonds is 5. The highest BCUT2D eigenvalue weighted by atomic mass is 19.1. The Bertz CT molecular complexity index is 5430. The number of hydrogen-bond acceptors (Lipinski definition) is 24. The zero-order valence-corrected chi connectivity index (χ0v) is 54.9. The monoisotopic (exact) mass is 1350 g/mol. The van der Waals surface area contributed by atoms with Crippen molar-refractivity contribution in [2.24, 2.45) is 5.92 Å². The number of Topliss-reactive ketones (excluding diaryl/α,β-unsaturated/α-hetero) is 11. The number of H-pyrrole nitrogens is 1. The van der Waals surface area contributed by atoms with E-state index < -0.39 is 63.6 Å². The number of ketones is 11. The average molecular weight is 1350 g/mol. The molecule has 25 nitrogen and oxygen atoms in total. The van der Waals surface area contributed by atoms with E-state index in [2.05, 4.69) is 39.9 Å². The summed E-state index contributed by atoms with van der Waals surface area (Å²) in [7, 11) is 0. The fraction of sp³-hybridized carbons (Fsp3) is 0.203. The number of halogens is 1. The van der Waals surface area contributed by atoms with E-state index in [4.69, 9.17) is 22.1 Å². The minimum Gasteiger partial charge on any atom is -0.440 e. The molecular weight excluding hydrogens is 1290 g/mol. The van der Waals surface area contributed by atoms with Gasteiger partial charge in [-0.05, 0) is 66.2 Å². The molecule has 0 saturated heterocycles. The Morgan fingerprint density at radius 1 is 0.440 bits per heavy atom. The Balaban J connectivity index is 0.000000119. The number of nitrogens with zero attached hydrogens (tertiary/aromatic N) is 7. The van der Waals surface area contributed by atoms with Crippen LogP contribution in [0, 0.1) is 11.7 Å². The van der Waals surface area contributed by atoms with Gasteiger partial charge in [-0.1, -0.05) is 106 Å². The van der Waals surface area contributed by atoms with Crippen LogP contribution in [-0.4, -0.2) is 103 Å². The van der Waals surface area contributed by atoms with E-state index in [0.717, 1.165) is 5.56 Å². The van der Waals surface area contributed by atoms with Crippen molar-refractivity contribution < 1.29 is 79.2 Å². The number of oxazole rings is 5. The largest absolute Gasteiger partial charge is 0.440 e. The van der Waals surface area contributed by atoms with Gasteiger partial charge in [0, 0.05) is 104 Å². The van der Waals surface area contributed by atoms with Gasteiger partial charge in [0.1, 0.15) is 45.8 Å². The molecule has 0 saturated carbocycles. The molecular formula is C74H55FN8O17. The minimum absolute atomic E-state index is 0.00781. The summed E-state index contributed by atoms with van der Waals surface area (Å²) in [6.07, 6.45) is 6.17. The lowest BCUT2D eigenvalue weighted by Crippen LogP contribution is -2.21. The van der Waals surface area contributed by atoms with Crippen LogP contribution in [0.4, 0.5) is 4.39 Å². The van der Waals surface area contributed by atoms with Crippen LogP contribution >= 0.6 is 0 Å². The highest BCUT2D eigenvalue weighted by Crippen LogP contribution is 2.41. The highest BCUT2D eigenvalue weighted by Gasteiger charge is 2.42. The molecule has 16 rings (SSSR count). The second-order valence-corrected chi connectivity index (χ2v) is 25.9. The average Bonchev–Trinajstić information content (AvgIpc) is 1.58. The molecule has 0 fully saturated rings. The van der Waals surface area contributed by atoms with Gasteiger partial charge in [-0.3, -0.25) is 72.7 Å². The van der Waals surface area contributed by atoms with Crippen molar-refractivity contribution in [1.29, 1.82) is 0 Å². The molecule has 1 N–H and O–H groups in total. The van der Waals surface area contributed by atoms with Crippen molar-refractivity contribution in [3.8, 4) is 67.9 Å². The second kappa shape index (κ2) is 25.7. The summed E-state index contributed by atoms with van der Waals surface area (Å²) in [6, 6.07) is 25.5. The van der Waals surface area contributed by atoms with Gasteiger partial charge in [0.05, 0.1) is 0 Å². The lowest BCUT2D eigenvalue weighted by molar-refractivity contribution is -0.121. The van der Waals surface area contributed by atoms with E-state index in [1.165, 1.54) is 61.2 Å². The SMILES string of the molecule is CC(C)(C)c1nc2c(o1)C(=O)C(=O)c1ncccc1-2.CC(C)C(=O)Cc1ccc2c(c1)C(=O)C(=O)c1oc(C(C)(C)C)nc1-2.CC(C)c1nc2c(o1)-c1cnccc1C(=O)C2=O.O=C1C(=O)c2[nH]c(=O)oc2-c2ccccc21.O=C1C(=O)c2oc(-c3ccc(F)cc3)nc2-c2cccnc21. The third-order valence-electron chi connectivity index (χ3n) is 16.0. The van der Waals surface area contributed by atoms with Crippen molar-refractivity contribution in [2.75, 3.05) is 0 Å². The van der Waals surface area contributed by atoms with Gasteiger partial charge in [-0.25, -0.2) is 29.1 Å². The molecule has 0 spiro atoms. The normalized spacial score (nSPS) is 13.7. The van der Waals surface area contributed by atoms with E-state index in [1.54, 1.807) is 60.7 Å². The highest BCUT2D eigenvalue weighted by molar-refractivity contribution is 6.54. The fourth-order valence-corrected chi connectivity index (χ4v) is 10.7. The van der Waals surface area contributed by atoms with Gasteiger partial charge >= 0.3 is 5.76 Å². The lowest BCUT2D eigenvalue weighted by atomic mass is 9.88. The predicted octanol–water partition coefficient (Wildman–Crippen LogP) is 12.4. The van der Waals surface area contributed by atoms with E-state index in [1.807, 2.05) is 69.2 Å². The van der Waals surface area contributed by atoms with E-state index in [0.29, 0.717) is 79.3 Å². The first-order valence-electron chi connectivity index (χ1n) is 31.0. The lowest BCUT2D eigenvalue weighted by Gasteiger charge is -2.13. The number of pyridine rings is 3. The third kappa shape index (κ3) is 12.3. The summed E-state index contributed by atoms with van der Waals surface area (Å²) in [5.41, 5.74) is 5.40. The van der Waals surface area contributed by atoms with Crippen LogP contribution in [0.2, 0.25) is 0 Å². The molecule has 0 unspecified atom stereocenters. The van der Waals surface area contributed by atoms with E-state index >= 15 is 0 Å². The Kier molecular flexibility index (Phi) is 17.3. The molecule has 0 aliphatic heterocycles. The maximum absolute atomic E-state index is 13.0. The molecule has 26 heteroatoms. The zero-order chi connectivity index (χ0) is 71.7. The van der Waals surface area contributed by atoms with Gasteiger partial charge in [-0.2, -0.15) is 0 Å². The maximum atomic E-state index is 13.0. The molecule has 0 bridgehead atoms. The molecule has 5 aliphatic rings. The molecule has 8 heterocycles. The summed E-state index contributed by atoms with van der Waals surface area (Å²) in [5, 5.41) is 0. The maximum Gasteiger partial charge on any atom is 0.417 e. The van der Waals surface area contributed by atoms with E-state index in [9.17, 15) is 61.9 Å². The molecule has 3 aromatic carbocycles. The number of nitrogens with one attached hydrogen (secondary N) is 1. The molecule has 5 aliphatic carbocycles. The quantitative estimate of drug-likeness (QED) is 0.156. The smallest absolute Gasteiger partial charge is 0.417 e. The first kappa shape index (κ1) is 67.2. The summed E-state index contributed by atoms with van der Waals surface area (Å²) in [4.78, 5) is 174. The van der Waals surface area contributed by atoms with Crippen molar-refractivity contribution in [3.63, 3.8) is 0 Å². The third-order valence-corrected chi connectivity index (χ3v) is 16.0. The second-order valence-electron chi connectivity index (χ2n) is 25.9. The van der Waals surface area contributed by atoms with Gasteiger partial charge < -0.3 is 22.1 Å². The van der Waals surface area contributed by atoms with Gasteiger partial charge in [0.15, 0.2) is 23.1 Å². The molecule has 0 atom stereocenters. The topological polar surface area (TPSA) is 377 Å². The number of aromatic nitrogens is 8. The Morgan fingerprint density at radius 3 is 1.53 bits per heavy atom. The Labute approximate surface area is 564 Å². The number of carbonyl (C=O) groups is 11. The number of hydrogen-bond donors (Lipinski definition) is 1. The van der Waals surface area contributed by atoms with Crippen molar-refractivity contribution in [2.45, 2.75) is 92.4 Å². The van der Waals surface area contributed by atoms with Gasteiger partial charge in [0.25, 0.3) is 40.5 Å². The first-order valence-corrected chi connectivity index (χ1v) is 31.0. The van der Waals surface area contributed by atoms with Gasteiger partial charge in [0.2, 0.25) is 52.3 Å². The molecule has 0 radical (unpaired) electrons. The number of carbonyl (C=O) groups excluding carboxylic acids is 11. The fourth-order valence-electron chi connectivity index (χ4n) is 10.7. The molecule has 500 valence electrons. The van der Waals surface area contributed by atoms with Crippen molar-refractivity contribution in [1.82, 2.24) is 39.9 Å². The van der Waals surface area contributed by atoms with E-state index in [-0.39, 0.29) is 104 Å². The number of benzene rings is 3. The van der Waals surface area contributed by atoms with Crippen LogP contribution in [0.25, 0.3) is 67.9 Å². The zero-order valence-electron chi connectivity index (χ0n) is 54.9. The molecule has 8 aromatic heterocycles. The molecule has 11 aromatic rings. The molecule has 100 heavy (non-hydrogen) atoms.